The van der Waals surface area contributed by atoms with Crippen LogP contribution in [-0.2, 0) is 0 Å². The van der Waals surface area contributed by atoms with E-state index in [1.54, 1.807) is 0 Å². The van der Waals surface area contributed by atoms with Crippen LogP contribution in [0.3, 0.4) is 0 Å². The van der Waals surface area contributed by atoms with Gasteiger partial charge in [-0.25, -0.2) is 0 Å². The van der Waals surface area contributed by atoms with Crippen molar-refractivity contribution >= 4 is 0 Å². The third-order valence-corrected chi connectivity index (χ3v) is 3.20. The molecule has 0 saturated heterocycles. The van der Waals surface area contributed by atoms with Gasteiger partial charge in [-0.05, 0) is 36.4 Å². The van der Waals surface area contributed by atoms with E-state index in [2.05, 4.69) is 50.4 Å². The topological polar surface area (TPSA) is 12.0 Å². The highest BCUT2D eigenvalue weighted by Gasteiger charge is 2.06. The van der Waals surface area contributed by atoms with Crippen molar-refractivity contribution in [3.8, 4) is 0 Å². The number of benzene rings is 1. The summed E-state index contributed by atoms with van der Waals surface area (Å²) in [5.74, 6) is 1.28. The summed E-state index contributed by atoms with van der Waals surface area (Å²) in [6, 6.07) is 9.08. The predicted octanol–water partition coefficient (Wildman–Crippen LogP) is 3.52. The molecular formula is C14H23N. The van der Waals surface area contributed by atoms with Gasteiger partial charge in [0.05, 0.1) is 0 Å². The molecule has 0 aliphatic rings. The average Bonchev–Trinajstić information content (AvgIpc) is 2.28. The van der Waals surface area contributed by atoms with Gasteiger partial charge in [0, 0.05) is 6.54 Å². The summed E-state index contributed by atoms with van der Waals surface area (Å²) in [6.45, 7) is 7.83. The summed E-state index contributed by atoms with van der Waals surface area (Å²) in [6.07, 6.45) is 1.21. The van der Waals surface area contributed by atoms with Gasteiger partial charge in [0.1, 0.15) is 0 Å². The number of nitrogens with one attached hydrogen (secondary N) is 1. The molecule has 2 unspecified atom stereocenters. The van der Waals surface area contributed by atoms with Crippen LogP contribution in [0.5, 0.6) is 0 Å². The Morgan fingerprint density at radius 1 is 1.00 bits per heavy atom. The summed E-state index contributed by atoms with van der Waals surface area (Å²) >= 11 is 0. The zero-order valence-corrected chi connectivity index (χ0v) is 10.4. The molecule has 0 aliphatic heterocycles. The lowest BCUT2D eigenvalue weighted by molar-refractivity contribution is 0.676. The minimum absolute atomic E-state index is 0.598. The first-order valence-corrected chi connectivity index (χ1v) is 5.93. The Bertz CT molecular complexity index is 276. The van der Waals surface area contributed by atoms with Crippen LogP contribution in [0.15, 0.2) is 24.3 Å². The van der Waals surface area contributed by atoms with E-state index in [-0.39, 0.29) is 0 Å². The van der Waals surface area contributed by atoms with Gasteiger partial charge in [-0.2, -0.15) is 0 Å². The van der Waals surface area contributed by atoms with Crippen LogP contribution in [0.4, 0.5) is 0 Å². The fraction of sp³-hybridized carbons (Fsp3) is 0.571. The van der Waals surface area contributed by atoms with E-state index in [1.165, 1.54) is 17.5 Å². The number of rotatable bonds is 5. The number of hydrogen-bond donors (Lipinski definition) is 1. The van der Waals surface area contributed by atoms with Crippen molar-refractivity contribution in [2.24, 2.45) is 0 Å². The van der Waals surface area contributed by atoms with Crippen LogP contribution in [0.1, 0.15) is 50.2 Å². The first-order valence-electron chi connectivity index (χ1n) is 5.93. The Labute approximate surface area is 93.9 Å². The lowest BCUT2D eigenvalue weighted by Gasteiger charge is -2.13. The van der Waals surface area contributed by atoms with E-state index in [0.29, 0.717) is 11.8 Å². The molecule has 1 N–H and O–H groups in total. The normalized spacial score (nSPS) is 14.9. The van der Waals surface area contributed by atoms with E-state index in [9.17, 15) is 0 Å². The Morgan fingerprint density at radius 2 is 1.47 bits per heavy atom. The quantitative estimate of drug-likeness (QED) is 0.775. The van der Waals surface area contributed by atoms with Crippen LogP contribution in [-0.4, -0.2) is 13.6 Å². The van der Waals surface area contributed by atoms with Crippen LogP contribution in [0.2, 0.25) is 0 Å². The fourth-order valence-electron chi connectivity index (χ4n) is 1.81. The van der Waals surface area contributed by atoms with Crippen molar-refractivity contribution < 1.29 is 0 Å². The van der Waals surface area contributed by atoms with Crippen molar-refractivity contribution in [1.29, 1.82) is 0 Å². The van der Waals surface area contributed by atoms with Crippen LogP contribution >= 0.6 is 0 Å². The minimum atomic E-state index is 0.598. The SMILES string of the molecule is CCC(C)c1ccc(C(C)CNC)cc1. The van der Waals surface area contributed by atoms with Gasteiger partial charge < -0.3 is 5.32 Å². The first kappa shape index (κ1) is 12.3. The second kappa shape index (κ2) is 5.92. The van der Waals surface area contributed by atoms with E-state index in [1.807, 2.05) is 7.05 Å². The summed E-state index contributed by atoms with van der Waals surface area (Å²) < 4.78 is 0. The molecule has 0 saturated carbocycles. The van der Waals surface area contributed by atoms with Gasteiger partial charge in [0.2, 0.25) is 0 Å². The maximum Gasteiger partial charge on any atom is 0.00144 e. The molecule has 1 heteroatoms. The van der Waals surface area contributed by atoms with Crippen LogP contribution < -0.4 is 5.32 Å². The Kier molecular flexibility index (Phi) is 4.83. The van der Waals surface area contributed by atoms with Crippen molar-refractivity contribution in [2.75, 3.05) is 13.6 Å². The van der Waals surface area contributed by atoms with Crippen LogP contribution in [0.25, 0.3) is 0 Å². The largest absolute Gasteiger partial charge is 0.319 e. The van der Waals surface area contributed by atoms with Gasteiger partial charge in [0.15, 0.2) is 0 Å². The maximum absolute atomic E-state index is 3.21. The molecule has 84 valence electrons. The third-order valence-electron chi connectivity index (χ3n) is 3.20. The fourth-order valence-corrected chi connectivity index (χ4v) is 1.81. The minimum Gasteiger partial charge on any atom is -0.319 e. The molecule has 1 nitrogen and oxygen atoms in total. The second-order valence-electron chi connectivity index (χ2n) is 4.43. The van der Waals surface area contributed by atoms with Crippen molar-refractivity contribution in [3.05, 3.63) is 35.4 Å². The van der Waals surface area contributed by atoms with Gasteiger partial charge in [-0.3, -0.25) is 0 Å². The highest BCUT2D eigenvalue weighted by molar-refractivity contribution is 5.27. The molecule has 2 atom stereocenters. The Balaban J connectivity index is 2.71. The third kappa shape index (κ3) is 3.35. The summed E-state index contributed by atoms with van der Waals surface area (Å²) in [4.78, 5) is 0. The maximum atomic E-state index is 3.21. The van der Waals surface area contributed by atoms with Crippen molar-refractivity contribution in [3.63, 3.8) is 0 Å². The lowest BCUT2D eigenvalue weighted by Crippen LogP contribution is -2.14. The van der Waals surface area contributed by atoms with Crippen molar-refractivity contribution in [1.82, 2.24) is 5.32 Å². The zero-order valence-electron chi connectivity index (χ0n) is 10.4. The standard InChI is InChI=1S/C14H23N/c1-5-11(2)13-6-8-14(9-7-13)12(3)10-15-4/h6-9,11-12,15H,5,10H2,1-4H3. The van der Waals surface area contributed by atoms with Crippen molar-refractivity contribution in [2.45, 2.75) is 39.0 Å². The summed E-state index contributed by atoms with van der Waals surface area (Å²) in [5.41, 5.74) is 2.88. The molecule has 0 amide bonds. The lowest BCUT2D eigenvalue weighted by atomic mass is 9.94. The van der Waals surface area contributed by atoms with Gasteiger partial charge >= 0.3 is 0 Å². The Hall–Kier alpha value is -0.820. The van der Waals surface area contributed by atoms with Gasteiger partial charge in [-0.15, -0.1) is 0 Å². The molecule has 0 aliphatic carbocycles. The molecule has 15 heavy (non-hydrogen) atoms. The molecule has 0 aromatic heterocycles. The monoisotopic (exact) mass is 205 g/mol. The number of likely N-dealkylation sites (N-methyl/N-ethyl adjacent to an activating group) is 1. The smallest absolute Gasteiger partial charge is 0.00144 e. The molecule has 1 aromatic rings. The molecule has 0 radical (unpaired) electrons. The molecule has 0 spiro atoms. The van der Waals surface area contributed by atoms with E-state index in [0.717, 1.165) is 6.54 Å². The zero-order chi connectivity index (χ0) is 11.3. The van der Waals surface area contributed by atoms with Gasteiger partial charge in [-0.1, -0.05) is 45.0 Å². The molecule has 1 aromatic carbocycles. The van der Waals surface area contributed by atoms with E-state index >= 15 is 0 Å². The highest BCUT2D eigenvalue weighted by Crippen LogP contribution is 2.21. The summed E-state index contributed by atoms with van der Waals surface area (Å²) in [5, 5.41) is 3.21. The predicted molar refractivity (Wildman–Crippen MR) is 67.5 cm³/mol. The summed E-state index contributed by atoms with van der Waals surface area (Å²) in [7, 11) is 2.00. The van der Waals surface area contributed by atoms with E-state index < -0.39 is 0 Å². The molecule has 0 fully saturated rings. The van der Waals surface area contributed by atoms with Gasteiger partial charge in [0.25, 0.3) is 0 Å². The Morgan fingerprint density at radius 3 is 1.87 bits per heavy atom. The van der Waals surface area contributed by atoms with Crippen LogP contribution in [0, 0.1) is 0 Å². The number of hydrogen-bond acceptors (Lipinski definition) is 1. The second-order valence-corrected chi connectivity index (χ2v) is 4.43. The first-order chi connectivity index (χ1) is 7.19. The van der Waals surface area contributed by atoms with E-state index in [4.69, 9.17) is 0 Å². The molecule has 0 heterocycles. The molecular weight excluding hydrogens is 182 g/mol. The average molecular weight is 205 g/mol. The molecule has 1 rings (SSSR count). The highest BCUT2D eigenvalue weighted by atomic mass is 14.8. The molecule has 0 bridgehead atoms.